The number of fused-ring (bicyclic) bond motifs is 1. The minimum Gasteiger partial charge on any atom is -0.489 e. The highest BCUT2D eigenvalue weighted by atomic mass is 19.1. The molecule has 9 nitrogen and oxygen atoms in total. The number of nitrogens with one attached hydrogen (secondary N) is 2. The molecular weight excluding hydrogens is 472 g/mol. The molecule has 0 bridgehead atoms. The monoisotopic (exact) mass is 495 g/mol. The van der Waals surface area contributed by atoms with Crippen molar-refractivity contribution in [1.29, 1.82) is 0 Å². The van der Waals surface area contributed by atoms with Crippen molar-refractivity contribution in [2.24, 2.45) is 0 Å². The molecule has 0 saturated heterocycles. The fraction of sp³-hybridized carbons (Fsp3) is 0.280. The summed E-state index contributed by atoms with van der Waals surface area (Å²) in [5.41, 5.74) is 0.0411. The summed E-state index contributed by atoms with van der Waals surface area (Å²) >= 11 is 0. The smallest absolute Gasteiger partial charge is 0.291 e. The summed E-state index contributed by atoms with van der Waals surface area (Å²) < 4.78 is 32.8. The maximum Gasteiger partial charge on any atom is 0.291 e. The quantitative estimate of drug-likeness (QED) is 0.476. The van der Waals surface area contributed by atoms with E-state index in [9.17, 15) is 23.5 Å². The highest BCUT2D eigenvalue weighted by Crippen LogP contribution is 2.31. The molecular formula is C25H23F2N5O4. The largest absolute Gasteiger partial charge is 0.489 e. The van der Waals surface area contributed by atoms with Crippen LogP contribution in [0.5, 0.6) is 5.75 Å². The van der Waals surface area contributed by atoms with E-state index in [2.05, 4.69) is 32.3 Å². The van der Waals surface area contributed by atoms with Gasteiger partial charge in [-0.15, -0.1) is 5.10 Å². The number of anilines is 1. The standard InChI is InChI=1S/C25H23F2N5O4/c1-25(2,35)9-8-14-4-7-20-19(10-14)32(3)24(34)18(13-36-20)28-23(33)22-29-21(30-31-22)11-15-5-6-16(26)12-17(15)27/h4-7,10,12,18,35H,11,13H2,1-3H3,(H,28,33)(H,29,30,31)/t18-/m0/s1. The van der Waals surface area contributed by atoms with Gasteiger partial charge in [-0.05, 0) is 43.7 Å². The van der Waals surface area contributed by atoms with Crippen LogP contribution in [0.1, 0.15) is 41.4 Å². The van der Waals surface area contributed by atoms with Gasteiger partial charge in [-0.1, -0.05) is 17.9 Å². The summed E-state index contributed by atoms with van der Waals surface area (Å²) in [7, 11) is 1.55. The zero-order chi connectivity index (χ0) is 26.0. The van der Waals surface area contributed by atoms with Crippen molar-refractivity contribution in [3.63, 3.8) is 0 Å². The van der Waals surface area contributed by atoms with Crippen molar-refractivity contribution in [3.8, 4) is 17.6 Å². The van der Waals surface area contributed by atoms with Gasteiger partial charge in [0.25, 0.3) is 11.8 Å². The van der Waals surface area contributed by atoms with Gasteiger partial charge in [0.15, 0.2) is 0 Å². The number of carbonyl (C=O) groups excluding carboxylic acids is 2. The molecule has 0 aliphatic carbocycles. The Hall–Kier alpha value is -4.30. The van der Waals surface area contributed by atoms with Crippen molar-refractivity contribution >= 4 is 17.5 Å². The molecule has 0 saturated carbocycles. The zero-order valence-corrected chi connectivity index (χ0v) is 19.7. The van der Waals surface area contributed by atoms with Gasteiger partial charge in [0.05, 0.1) is 5.69 Å². The second kappa shape index (κ2) is 9.75. The average molecular weight is 495 g/mol. The summed E-state index contributed by atoms with van der Waals surface area (Å²) in [5.74, 6) is 3.35. The third-order valence-electron chi connectivity index (χ3n) is 5.28. The Morgan fingerprint density at radius 1 is 1.31 bits per heavy atom. The number of H-pyrrole nitrogens is 1. The van der Waals surface area contributed by atoms with Crippen LogP contribution in [0, 0.1) is 23.5 Å². The number of hydrogen-bond donors (Lipinski definition) is 3. The number of benzene rings is 2. The summed E-state index contributed by atoms with van der Waals surface area (Å²) in [6.07, 6.45) is -0.0331. The molecule has 1 atom stereocenters. The predicted molar refractivity (Wildman–Crippen MR) is 125 cm³/mol. The van der Waals surface area contributed by atoms with E-state index in [1.165, 1.54) is 11.0 Å². The number of likely N-dealkylation sites (N-methyl/N-ethyl adjacent to an activating group) is 1. The number of halogens is 2. The molecule has 4 rings (SSSR count). The molecule has 0 radical (unpaired) electrons. The first kappa shape index (κ1) is 24.8. The van der Waals surface area contributed by atoms with Crippen LogP contribution < -0.4 is 15.0 Å². The number of ether oxygens (including phenoxy) is 1. The first-order valence-corrected chi connectivity index (χ1v) is 11.0. The molecule has 0 spiro atoms. The Labute approximate surface area is 205 Å². The number of aromatic amines is 1. The normalized spacial score (nSPS) is 15.3. The molecule has 2 amide bonds. The van der Waals surface area contributed by atoms with Crippen LogP contribution in [0.3, 0.4) is 0 Å². The van der Waals surface area contributed by atoms with Crippen LogP contribution in [0.4, 0.5) is 14.5 Å². The molecule has 3 N–H and O–H groups in total. The maximum atomic E-state index is 13.9. The summed E-state index contributed by atoms with van der Waals surface area (Å²) in [6.45, 7) is 3.00. The molecule has 0 unspecified atom stereocenters. The van der Waals surface area contributed by atoms with Gasteiger partial charge in [-0.25, -0.2) is 13.8 Å². The van der Waals surface area contributed by atoms with Crippen molar-refractivity contribution in [2.45, 2.75) is 31.9 Å². The highest BCUT2D eigenvalue weighted by molar-refractivity contribution is 6.02. The summed E-state index contributed by atoms with van der Waals surface area (Å²) in [6, 6.07) is 7.15. The molecule has 2 heterocycles. The second-order valence-electron chi connectivity index (χ2n) is 8.74. The Morgan fingerprint density at radius 2 is 2.08 bits per heavy atom. The molecule has 1 aromatic heterocycles. The second-order valence-corrected chi connectivity index (χ2v) is 8.74. The molecule has 186 valence electrons. The first-order chi connectivity index (χ1) is 17.0. The highest BCUT2D eigenvalue weighted by Gasteiger charge is 2.31. The molecule has 0 fully saturated rings. The minimum atomic E-state index is -1.17. The number of carbonyl (C=O) groups is 2. The lowest BCUT2D eigenvalue weighted by molar-refractivity contribution is -0.120. The number of amides is 2. The minimum absolute atomic E-state index is 0.0331. The maximum absolute atomic E-state index is 13.9. The lowest BCUT2D eigenvalue weighted by Gasteiger charge is -2.20. The lowest BCUT2D eigenvalue weighted by Crippen LogP contribution is -2.49. The van der Waals surface area contributed by atoms with E-state index in [1.807, 2.05) is 0 Å². The summed E-state index contributed by atoms with van der Waals surface area (Å²) in [5, 5.41) is 18.8. The van der Waals surface area contributed by atoms with E-state index in [0.29, 0.717) is 17.0 Å². The van der Waals surface area contributed by atoms with Crippen LogP contribution in [-0.4, -0.2) is 57.4 Å². The fourth-order valence-corrected chi connectivity index (χ4v) is 3.45. The first-order valence-electron chi connectivity index (χ1n) is 11.0. The van der Waals surface area contributed by atoms with E-state index >= 15 is 0 Å². The topological polar surface area (TPSA) is 120 Å². The lowest BCUT2D eigenvalue weighted by atomic mass is 10.1. The zero-order valence-electron chi connectivity index (χ0n) is 19.7. The van der Waals surface area contributed by atoms with Gasteiger partial charge in [0.1, 0.15) is 41.5 Å². The van der Waals surface area contributed by atoms with E-state index in [0.717, 1.165) is 12.1 Å². The van der Waals surface area contributed by atoms with Gasteiger partial charge in [0.2, 0.25) is 5.82 Å². The number of hydrogen-bond acceptors (Lipinski definition) is 6. The van der Waals surface area contributed by atoms with Crippen LogP contribution in [-0.2, 0) is 11.2 Å². The van der Waals surface area contributed by atoms with Crippen LogP contribution in [0.25, 0.3) is 0 Å². The van der Waals surface area contributed by atoms with Crippen LogP contribution in [0.15, 0.2) is 36.4 Å². The van der Waals surface area contributed by atoms with Crippen molar-refractivity contribution in [3.05, 3.63) is 70.8 Å². The van der Waals surface area contributed by atoms with E-state index in [4.69, 9.17) is 4.74 Å². The van der Waals surface area contributed by atoms with Crippen molar-refractivity contribution in [1.82, 2.24) is 20.5 Å². The van der Waals surface area contributed by atoms with Gasteiger partial charge < -0.3 is 20.1 Å². The predicted octanol–water partition coefficient (Wildman–Crippen LogP) is 1.95. The Balaban J connectivity index is 1.46. The molecule has 36 heavy (non-hydrogen) atoms. The number of rotatable bonds is 4. The van der Waals surface area contributed by atoms with E-state index in [1.54, 1.807) is 39.1 Å². The molecule has 1 aliphatic rings. The average Bonchev–Trinajstić information content (AvgIpc) is 3.25. The van der Waals surface area contributed by atoms with E-state index in [-0.39, 0.29) is 30.2 Å². The van der Waals surface area contributed by atoms with Gasteiger partial charge in [-0.2, -0.15) is 0 Å². The molecule has 3 aromatic rings. The molecule has 1 aliphatic heterocycles. The van der Waals surface area contributed by atoms with Gasteiger partial charge in [-0.3, -0.25) is 14.7 Å². The molecule has 11 heteroatoms. The number of aliphatic hydroxyl groups is 1. The Bertz CT molecular complexity index is 1390. The summed E-state index contributed by atoms with van der Waals surface area (Å²) in [4.78, 5) is 31.2. The third kappa shape index (κ3) is 5.67. The van der Waals surface area contributed by atoms with Crippen LogP contribution in [0.2, 0.25) is 0 Å². The Morgan fingerprint density at radius 3 is 2.81 bits per heavy atom. The third-order valence-corrected chi connectivity index (χ3v) is 5.28. The van der Waals surface area contributed by atoms with Crippen LogP contribution >= 0.6 is 0 Å². The number of nitrogens with zero attached hydrogens (tertiary/aromatic N) is 3. The van der Waals surface area contributed by atoms with Crippen molar-refractivity contribution < 1.29 is 28.2 Å². The van der Waals surface area contributed by atoms with Gasteiger partial charge >= 0.3 is 0 Å². The molecule has 2 aromatic carbocycles. The van der Waals surface area contributed by atoms with E-state index < -0.39 is 35.1 Å². The Kier molecular flexibility index (Phi) is 6.72. The van der Waals surface area contributed by atoms with Crippen molar-refractivity contribution in [2.75, 3.05) is 18.6 Å². The SMILES string of the molecule is CN1C(=O)[C@@H](NC(=O)c2n[nH]c(Cc3ccc(F)cc3F)n2)COc2ccc(C#CC(C)(C)O)cc21. The number of aromatic nitrogens is 3. The fourth-order valence-electron chi connectivity index (χ4n) is 3.45. The van der Waals surface area contributed by atoms with Gasteiger partial charge in [0, 0.05) is 25.1 Å².